The molecule has 5 heteroatoms. The number of carbonyl (C=O) groups excluding carboxylic acids is 2. The van der Waals surface area contributed by atoms with Crippen LogP contribution in [0.15, 0.2) is 60.8 Å². The SMILES string of the molecule is CN1CCN(c2ccc(C(=O)/C=C/c3ccc(/C=C/NC=O)cc3)cc2)CC1. The quantitative estimate of drug-likeness (QED) is 0.459. The minimum Gasteiger partial charge on any atom is -0.369 e. The van der Waals surface area contributed by atoms with Gasteiger partial charge in [-0.15, -0.1) is 0 Å². The van der Waals surface area contributed by atoms with Crippen LogP contribution in [0.25, 0.3) is 12.2 Å². The zero-order chi connectivity index (χ0) is 19.8. The number of hydrogen-bond acceptors (Lipinski definition) is 4. The fraction of sp³-hybridized carbons (Fsp3) is 0.217. The third kappa shape index (κ3) is 5.41. The van der Waals surface area contributed by atoms with Gasteiger partial charge in [-0.2, -0.15) is 0 Å². The second kappa shape index (κ2) is 9.67. The summed E-state index contributed by atoms with van der Waals surface area (Å²) >= 11 is 0. The summed E-state index contributed by atoms with van der Waals surface area (Å²) in [5.74, 6) is -0.0101. The fourth-order valence-electron chi connectivity index (χ4n) is 3.07. The van der Waals surface area contributed by atoms with E-state index in [1.807, 2.05) is 54.6 Å². The Balaban J connectivity index is 1.58. The largest absolute Gasteiger partial charge is 0.369 e. The van der Waals surface area contributed by atoms with Crippen molar-refractivity contribution < 1.29 is 9.59 Å². The first-order valence-corrected chi connectivity index (χ1v) is 9.38. The zero-order valence-electron chi connectivity index (χ0n) is 16.0. The second-order valence-electron chi connectivity index (χ2n) is 6.82. The summed E-state index contributed by atoms with van der Waals surface area (Å²) in [6.45, 7) is 4.15. The molecule has 0 saturated carbocycles. The van der Waals surface area contributed by atoms with E-state index in [2.05, 4.69) is 22.2 Å². The van der Waals surface area contributed by atoms with Crippen molar-refractivity contribution >= 4 is 30.0 Å². The van der Waals surface area contributed by atoms with E-state index in [9.17, 15) is 9.59 Å². The van der Waals surface area contributed by atoms with E-state index in [1.54, 1.807) is 18.4 Å². The maximum absolute atomic E-state index is 12.4. The molecule has 2 aromatic rings. The van der Waals surface area contributed by atoms with Crippen LogP contribution < -0.4 is 10.2 Å². The first-order chi connectivity index (χ1) is 13.7. The average Bonchev–Trinajstić information content (AvgIpc) is 2.74. The summed E-state index contributed by atoms with van der Waals surface area (Å²) in [5, 5.41) is 2.47. The first-order valence-electron chi connectivity index (χ1n) is 9.38. The maximum Gasteiger partial charge on any atom is 0.211 e. The van der Waals surface area contributed by atoms with Gasteiger partial charge in [-0.25, -0.2) is 0 Å². The molecule has 0 atom stereocenters. The Hall–Kier alpha value is -3.18. The van der Waals surface area contributed by atoms with Crippen molar-refractivity contribution in [3.63, 3.8) is 0 Å². The predicted molar refractivity (Wildman–Crippen MR) is 114 cm³/mol. The van der Waals surface area contributed by atoms with Gasteiger partial charge in [0, 0.05) is 43.6 Å². The van der Waals surface area contributed by atoms with Crippen molar-refractivity contribution in [2.24, 2.45) is 0 Å². The molecule has 1 aliphatic rings. The Morgan fingerprint density at radius 3 is 2.11 bits per heavy atom. The van der Waals surface area contributed by atoms with Crippen molar-refractivity contribution in [2.45, 2.75) is 0 Å². The van der Waals surface area contributed by atoms with E-state index >= 15 is 0 Å². The number of carbonyl (C=O) groups is 2. The van der Waals surface area contributed by atoms with Crippen molar-refractivity contribution in [1.82, 2.24) is 10.2 Å². The molecule has 0 bridgehead atoms. The van der Waals surface area contributed by atoms with Gasteiger partial charge in [0.15, 0.2) is 5.78 Å². The highest BCUT2D eigenvalue weighted by Crippen LogP contribution is 2.18. The Labute approximate surface area is 166 Å². The molecule has 3 rings (SSSR count). The lowest BCUT2D eigenvalue weighted by molar-refractivity contribution is -0.108. The van der Waals surface area contributed by atoms with E-state index in [-0.39, 0.29) is 5.78 Å². The van der Waals surface area contributed by atoms with Gasteiger partial charge in [0.1, 0.15) is 0 Å². The topological polar surface area (TPSA) is 52.6 Å². The summed E-state index contributed by atoms with van der Waals surface area (Å²) in [6.07, 6.45) is 7.41. The fourth-order valence-corrected chi connectivity index (χ4v) is 3.07. The average molecular weight is 375 g/mol. The van der Waals surface area contributed by atoms with Gasteiger partial charge >= 0.3 is 0 Å². The molecule has 1 aliphatic heterocycles. The van der Waals surface area contributed by atoms with Crippen molar-refractivity contribution in [3.8, 4) is 0 Å². The standard InChI is InChI=1S/C23H25N3O2/c1-25-14-16-26(17-15-25)22-9-7-21(8-10-22)23(28)11-6-19-2-4-20(5-3-19)12-13-24-18-27/h2-13,18H,14-17H2,1H3,(H,24,27)/b11-6+,13-12+. The highest BCUT2D eigenvalue weighted by Gasteiger charge is 2.14. The van der Waals surface area contributed by atoms with Crippen LogP contribution in [0.2, 0.25) is 0 Å². The minimum absolute atomic E-state index is 0.0101. The molecule has 0 aromatic heterocycles. The second-order valence-corrected chi connectivity index (χ2v) is 6.82. The number of amides is 1. The molecule has 0 radical (unpaired) electrons. The summed E-state index contributed by atoms with van der Waals surface area (Å²) in [6, 6.07) is 15.6. The molecule has 1 heterocycles. The number of rotatable bonds is 7. The molecule has 28 heavy (non-hydrogen) atoms. The molecule has 1 amide bonds. The molecule has 0 spiro atoms. The van der Waals surface area contributed by atoms with Crippen LogP contribution in [-0.2, 0) is 4.79 Å². The number of nitrogens with one attached hydrogen (secondary N) is 1. The van der Waals surface area contributed by atoms with E-state index in [0.29, 0.717) is 12.0 Å². The van der Waals surface area contributed by atoms with Gasteiger partial charge in [-0.05, 0) is 54.6 Å². The van der Waals surface area contributed by atoms with Gasteiger partial charge in [0.2, 0.25) is 6.41 Å². The van der Waals surface area contributed by atoms with Gasteiger partial charge in [-0.1, -0.05) is 30.3 Å². The van der Waals surface area contributed by atoms with E-state index < -0.39 is 0 Å². The first kappa shape index (κ1) is 19.6. The minimum atomic E-state index is -0.0101. The lowest BCUT2D eigenvalue weighted by atomic mass is 10.1. The van der Waals surface area contributed by atoms with E-state index in [4.69, 9.17) is 0 Å². The summed E-state index contributed by atoms with van der Waals surface area (Å²) < 4.78 is 0. The molecule has 2 aromatic carbocycles. The predicted octanol–water partition coefficient (Wildman–Crippen LogP) is 3.05. The number of anilines is 1. The van der Waals surface area contributed by atoms with E-state index in [0.717, 1.165) is 37.3 Å². The third-order valence-electron chi connectivity index (χ3n) is 4.82. The number of hydrogen-bond donors (Lipinski definition) is 1. The normalized spacial score (nSPS) is 15.2. The Kier molecular flexibility index (Phi) is 6.76. The van der Waals surface area contributed by atoms with Gasteiger partial charge in [-0.3, -0.25) is 9.59 Å². The molecule has 1 saturated heterocycles. The Morgan fingerprint density at radius 1 is 0.893 bits per heavy atom. The number of likely N-dealkylation sites (N-methyl/N-ethyl adjacent to an activating group) is 1. The Morgan fingerprint density at radius 2 is 1.50 bits per heavy atom. The molecular weight excluding hydrogens is 350 g/mol. The number of nitrogens with zero attached hydrogens (tertiary/aromatic N) is 2. The lowest BCUT2D eigenvalue weighted by Crippen LogP contribution is -2.44. The van der Waals surface area contributed by atoms with Gasteiger partial charge in [0.25, 0.3) is 0 Å². The lowest BCUT2D eigenvalue weighted by Gasteiger charge is -2.34. The molecule has 1 fully saturated rings. The van der Waals surface area contributed by atoms with Crippen LogP contribution in [0.3, 0.4) is 0 Å². The molecule has 0 aliphatic carbocycles. The van der Waals surface area contributed by atoms with Gasteiger partial charge < -0.3 is 15.1 Å². The molecule has 0 unspecified atom stereocenters. The van der Waals surface area contributed by atoms with Crippen LogP contribution in [-0.4, -0.2) is 50.3 Å². The van der Waals surface area contributed by atoms with E-state index in [1.165, 1.54) is 5.69 Å². The number of ketones is 1. The summed E-state index contributed by atoms with van der Waals surface area (Å²) in [5.41, 5.74) is 3.77. The smallest absolute Gasteiger partial charge is 0.211 e. The monoisotopic (exact) mass is 375 g/mol. The highest BCUT2D eigenvalue weighted by atomic mass is 16.1. The highest BCUT2D eigenvalue weighted by molar-refractivity contribution is 6.07. The summed E-state index contributed by atoms with van der Waals surface area (Å²) in [7, 11) is 2.14. The Bertz CT molecular complexity index is 846. The van der Waals surface area contributed by atoms with Crippen molar-refractivity contribution in [3.05, 3.63) is 77.5 Å². The van der Waals surface area contributed by atoms with Gasteiger partial charge in [0.05, 0.1) is 0 Å². The van der Waals surface area contributed by atoms with Crippen molar-refractivity contribution in [2.75, 3.05) is 38.1 Å². The van der Waals surface area contributed by atoms with Crippen LogP contribution >= 0.6 is 0 Å². The molecular formula is C23H25N3O2. The number of benzene rings is 2. The van der Waals surface area contributed by atoms with Crippen LogP contribution in [0.5, 0.6) is 0 Å². The zero-order valence-corrected chi connectivity index (χ0v) is 16.0. The van der Waals surface area contributed by atoms with Crippen LogP contribution in [0.4, 0.5) is 5.69 Å². The molecule has 1 N–H and O–H groups in total. The van der Waals surface area contributed by atoms with Crippen LogP contribution in [0, 0.1) is 0 Å². The van der Waals surface area contributed by atoms with Crippen molar-refractivity contribution in [1.29, 1.82) is 0 Å². The maximum atomic E-state index is 12.4. The van der Waals surface area contributed by atoms with Crippen LogP contribution in [0.1, 0.15) is 21.5 Å². The molecule has 5 nitrogen and oxygen atoms in total. The third-order valence-corrected chi connectivity index (χ3v) is 4.82. The number of allylic oxidation sites excluding steroid dienone is 1. The molecule has 144 valence electrons. The summed E-state index contributed by atoms with van der Waals surface area (Å²) in [4.78, 5) is 27.3. The number of piperazine rings is 1.